The molecule has 1 spiro atoms. The summed E-state index contributed by atoms with van der Waals surface area (Å²) >= 11 is 0. The third-order valence-electron chi connectivity index (χ3n) is 15.5. The minimum absolute atomic E-state index is 0.601. The van der Waals surface area contributed by atoms with E-state index in [1.807, 2.05) is 36.4 Å². The van der Waals surface area contributed by atoms with Crippen molar-refractivity contribution in [3.05, 3.63) is 306 Å². The zero-order valence-electron chi connectivity index (χ0n) is 40.7. The number of fused-ring (bicyclic) bond motifs is 15. The van der Waals surface area contributed by atoms with Gasteiger partial charge in [0.15, 0.2) is 5.69 Å². The predicted octanol–water partition coefficient (Wildman–Crippen LogP) is 19.0. The van der Waals surface area contributed by atoms with Gasteiger partial charge < -0.3 is 9.80 Å². The van der Waals surface area contributed by atoms with Gasteiger partial charge in [-0.3, -0.25) is 0 Å². The summed E-state index contributed by atoms with van der Waals surface area (Å²) in [7, 11) is 0. The molecule has 0 N–H and O–H groups in total. The van der Waals surface area contributed by atoms with E-state index in [1.165, 1.54) is 66.2 Å². The largest absolute Gasteiger partial charge is 0.311 e. The first-order valence-corrected chi connectivity index (χ1v) is 25.3. The molecule has 4 nitrogen and oxygen atoms in total. The topological polar surface area (TPSA) is 34.6 Å². The average Bonchev–Trinajstić information content (AvgIpc) is 4.03. The van der Waals surface area contributed by atoms with Crippen LogP contribution in [0.5, 0.6) is 0 Å². The van der Waals surface area contributed by atoms with Gasteiger partial charge >= 0.3 is 0 Å². The van der Waals surface area contributed by atoms with Gasteiger partial charge in [-0.05, 0) is 173 Å². The van der Waals surface area contributed by atoms with Gasteiger partial charge in [-0.2, -0.15) is 5.26 Å². The first-order chi connectivity index (χ1) is 37.1. The molecule has 12 aromatic carbocycles. The molecule has 0 fully saturated rings. The molecule has 0 aromatic heterocycles. The van der Waals surface area contributed by atoms with E-state index >= 15 is 0 Å². The Balaban J connectivity index is 1.02. The van der Waals surface area contributed by atoms with Gasteiger partial charge in [-0.25, -0.2) is 4.85 Å². The van der Waals surface area contributed by atoms with Gasteiger partial charge in [0.05, 0.1) is 23.6 Å². The van der Waals surface area contributed by atoms with Crippen molar-refractivity contribution in [2.75, 3.05) is 9.80 Å². The van der Waals surface area contributed by atoms with Crippen molar-refractivity contribution in [3.8, 4) is 50.6 Å². The lowest BCUT2D eigenvalue weighted by molar-refractivity contribution is 0.801. The maximum Gasteiger partial charge on any atom is 0.187 e. The third-order valence-corrected chi connectivity index (χ3v) is 15.5. The summed E-state index contributed by atoms with van der Waals surface area (Å²) in [4.78, 5) is 8.38. The van der Waals surface area contributed by atoms with Crippen LogP contribution < -0.4 is 9.80 Å². The molecule has 0 aliphatic heterocycles. The monoisotopic (exact) mass is 952 g/mol. The van der Waals surface area contributed by atoms with Crippen molar-refractivity contribution >= 4 is 61.4 Å². The van der Waals surface area contributed by atoms with Gasteiger partial charge in [-0.1, -0.05) is 182 Å². The quantitative estimate of drug-likeness (QED) is 0.112. The highest BCUT2D eigenvalue weighted by Gasteiger charge is 2.53. The number of nitriles is 1. The van der Waals surface area contributed by atoms with Gasteiger partial charge in [0.25, 0.3) is 0 Å². The summed E-state index contributed by atoms with van der Waals surface area (Å²) in [5.74, 6) is 0. The lowest BCUT2D eigenvalue weighted by Crippen LogP contribution is -2.26. The standard InChI is InChI=1S/C71H44N4/c1-73-52-30-38-56(39-31-52)74(54-34-26-50(27-35-54)48-14-4-2-5-15-48)57-40-42-63-65(44-57)59-18-8-9-21-62(59)69-64-43-41-58(45-68(64)71(70(63)69)66-22-12-10-19-60(66)61-20-11-13-23-67(61)71)75(53-32-24-47(46-72)25-33-53)55-36-28-51(29-37-55)49-16-6-3-7-17-49/h2-45H. The zero-order valence-corrected chi connectivity index (χ0v) is 40.7. The lowest BCUT2D eigenvalue weighted by atomic mass is 9.69. The van der Waals surface area contributed by atoms with Crippen LogP contribution >= 0.6 is 0 Å². The summed E-state index contributed by atoms with van der Waals surface area (Å²) in [6.45, 7) is 7.75. The van der Waals surface area contributed by atoms with Gasteiger partial charge in [0.1, 0.15) is 0 Å². The van der Waals surface area contributed by atoms with Crippen LogP contribution in [0.15, 0.2) is 267 Å². The first kappa shape index (κ1) is 43.5. The molecule has 0 heterocycles. The molecule has 14 rings (SSSR count). The van der Waals surface area contributed by atoms with E-state index in [0.29, 0.717) is 11.3 Å². The summed E-state index contributed by atoms with van der Waals surface area (Å²) in [5.41, 5.74) is 21.1. The van der Waals surface area contributed by atoms with Gasteiger partial charge in [0, 0.05) is 34.1 Å². The van der Waals surface area contributed by atoms with Crippen molar-refractivity contribution in [3.63, 3.8) is 0 Å². The maximum absolute atomic E-state index is 9.89. The number of hydrogen-bond acceptors (Lipinski definition) is 3. The minimum Gasteiger partial charge on any atom is -0.311 e. The third kappa shape index (κ3) is 6.82. The highest BCUT2D eigenvalue weighted by Crippen LogP contribution is 2.66. The fourth-order valence-corrected chi connectivity index (χ4v) is 12.2. The zero-order chi connectivity index (χ0) is 50.0. The van der Waals surface area contributed by atoms with Crippen LogP contribution in [-0.2, 0) is 5.41 Å². The minimum atomic E-state index is -0.687. The highest BCUT2D eigenvalue weighted by atomic mass is 15.1. The van der Waals surface area contributed by atoms with Crippen LogP contribution in [-0.4, -0.2) is 0 Å². The molecule has 0 saturated carbocycles. The Morgan fingerprint density at radius 2 is 0.787 bits per heavy atom. The Kier molecular flexibility index (Phi) is 10.2. The SMILES string of the molecule is [C-]#[N+]c1ccc(N(c2ccc(-c3ccccc3)cc2)c2ccc3c4c(c5ccccc5c3c2)-c2ccc(N(c3ccc(C#N)cc3)c3ccc(-c5ccccc5)cc3)cc2C42c3ccccc3-c3ccccc32)cc1. The predicted molar refractivity (Wildman–Crippen MR) is 309 cm³/mol. The summed E-state index contributed by atoms with van der Waals surface area (Å²) in [5, 5.41) is 14.6. The Morgan fingerprint density at radius 1 is 0.347 bits per heavy atom. The maximum atomic E-state index is 9.89. The molecule has 0 atom stereocenters. The van der Waals surface area contributed by atoms with Crippen LogP contribution in [0.4, 0.5) is 39.8 Å². The molecule has 0 radical (unpaired) electrons. The van der Waals surface area contributed by atoms with Crippen LogP contribution in [0.25, 0.3) is 70.9 Å². The van der Waals surface area contributed by atoms with Gasteiger partial charge in [-0.15, -0.1) is 0 Å². The molecule has 0 unspecified atom stereocenters. The van der Waals surface area contributed by atoms with E-state index in [4.69, 9.17) is 6.57 Å². The molecule has 0 amide bonds. The smallest absolute Gasteiger partial charge is 0.187 e. The number of rotatable bonds is 8. The Labute approximate surface area is 436 Å². The van der Waals surface area contributed by atoms with Crippen molar-refractivity contribution in [1.29, 1.82) is 5.26 Å². The Hall–Kier alpha value is -10.3. The molecule has 2 aliphatic carbocycles. The van der Waals surface area contributed by atoms with E-state index in [-0.39, 0.29) is 0 Å². The number of benzene rings is 12. The van der Waals surface area contributed by atoms with Crippen LogP contribution in [0, 0.1) is 17.9 Å². The molecular weight excluding hydrogens is 909 g/mol. The Morgan fingerprint density at radius 3 is 1.33 bits per heavy atom. The van der Waals surface area contributed by atoms with Crippen molar-refractivity contribution < 1.29 is 0 Å². The molecule has 0 bridgehead atoms. The van der Waals surface area contributed by atoms with Gasteiger partial charge in [0.2, 0.25) is 0 Å². The van der Waals surface area contributed by atoms with E-state index in [1.54, 1.807) is 0 Å². The van der Waals surface area contributed by atoms with E-state index in [9.17, 15) is 5.26 Å². The second-order valence-electron chi connectivity index (χ2n) is 19.4. The van der Waals surface area contributed by atoms with Crippen LogP contribution in [0.2, 0.25) is 0 Å². The average molecular weight is 953 g/mol. The van der Waals surface area contributed by atoms with E-state index in [2.05, 4.69) is 251 Å². The lowest BCUT2D eigenvalue weighted by Gasteiger charge is -2.33. The van der Waals surface area contributed by atoms with E-state index in [0.717, 1.165) is 56.2 Å². The molecule has 4 heteroatoms. The second-order valence-corrected chi connectivity index (χ2v) is 19.4. The second kappa shape index (κ2) is 17.5. The fraction of sp³-hybridized carbons (Fsp3) is 0.0141. The first-order valence-electron chi connectivity index (χ1n) is 25.3. The molecule has 2 aliphatic rings. The molecule has 12 aromatic rings. The van der Waals surface area contributed by atoms with Crippen molar-refractivity contribution in [1.82, 2.24) is 0 Å². The van der Waals surface area contributed by atoms with Crippen LogP contribution in [0.3, 0.4) is 0 Å². The van der Waals surface area contributed by atoms with Crippen molar-refractivity contribution in [2.45, 2.75) is 5.41 Å². The highest BCUT2D eigenvalue weighted by molar-refractivity contribution is 6.21. The van der Waals surface area contributed by atoms with E-state index < -0.39 is 5.41 Å². The molecule has 0 saturated heterocycles. The Bertz CT molecular complexity index is 4240. The van der Waals surface area contributed by atoms with Crippen LogP contribution in [0.1, 0.15) is 27.8 Å². The fourth-order valence-electron chi connectivity index (χ4n) is 12.2. The normalized spacial score (nSPS) is 12.3. The molecular formula is C71H44N4. The summed E-state index contributed by atoms with van der Waals surface area (Å²) in [6, 6.07) is 97.9. The summed E-state index contributed by atoms with van der Waals surface area (Å²) in [6.07, 6.45) is 0. The molecule has 75 heavy (non-hydrogen) atoms. The van der Waals surface area contributed by atoms with Crippen molar-refractivity contribution in [2.24, 2.45) is 0 Å². The number of hydrogen-bond donors (Lipinski definition) is 0. The number of nitrogens with zero attached hydrogens (tertiary/aromatic N) is 4. The molecule has 348 valence electrons. The summed E-state index contributed by atoms with van der Waals surface area (Å²) < 4.78 is 0. The number of anilines is 6.